The van der Waals surface area contributed by atoms with Crippen LogP contribution in [0.25, 0.3) is 33.4 Å². The zero-order valence-corrected chi connectivity index (χ0v) is 30.9. The molecular formula is C51H42O3. The van der Waals surface area contributed by atoms with E-state index in [1.54, 1.807) is 21.3 Å². The van der Waals surface area contributed by atoms with Crippen LogP contribution >= 0.6 is 0 Å². The Morgan fingerprint density at radius 3 is 0.852 bits per heavy atom. The highest BCUT2D eigenvalue weighted by molar-refractivity contribution is 6.03. The number of hydrogen-bond acceptors (Lipinski definition) is 3. The van der Waals surface area contributed by atoms with Gasteiger partial charge in [-0.2, -0.15) is 0 Å². The van der Waals surface area contributed by atoms with Crippen molar-refractivity contribution in [3.63, 3.8) is 0 Å². The van der Waals surface area contributed by atoms with E-state index in [0.717, 1.165) is 36.5 Å². The lowest BCUT2D eigenvalue weighted by atomic mass is 9.77. The molecule has 7 aromatic carbocycles. The van der Waals surface area contributed by atoms with Gasteiger partial charge in [-0.05, 0) is 139 Å². The molecule has 0 aromatic heterocycles. The molecule has 0 N–H and O–H groups in total. The molecule has 3 atom stereocenters. The topological polar surface area (TPSA) is 27.7 Å². The molecule has 10 rings (SSSR count). The zero-order chi connectivity index (χ0) is 36.3. The zero-order valence-electron chi connectivity index (χ0n) is 30.9. The van der Waals surface area contributed by atoms with E-state index in [4.69, 9.17) is 14.2 Å². The Balaban J connectivity index is 1.26. The van der Waals surface area contributed by atoms with E-state index in [9.17, 15) is 0 Å². The summed E-state index contributed by atoms with van der Waals surface area (Å²) < 4.78 is 16.7. The first-order valence-corrected chi connectivity index (χ1v) is 19.1. The SMILES string of the molecule is COc1ccc(C[C@@H]2c3ccccc3-c3c2c2c(c4c3[C@H](Cc3ccc(OC)cc3)c3ccccc3-4)[C@H](Cc3ccc(OC)cc3)c3ccccc3-2)cc1. The quantitative estimate of drug-likeness (QED) is 0.150. The molecule has 3 heteroatoms. The minimum atomic E-state index is 0.210. The van der Waals surface area contributed by atoms with Gasteiger partial charge in [0.25, 0.3) is 0 Å². The van der Waals surface area contributed by atoms with Gasteiger partial charge in [-0.3, -0.25) is 0 Å². The summed E-state index contributed by atoms with van der Waals surface area (Å²) in [6.07, 6.45) is 2.75. The molecule has 0 radical (unpaired) electrons. The number of ether oxygens (including phenoxy) is 3. The molecule has 0 saturated heterocycles. The van der Waals surface area contributed by atoms with Crippen molar-refractivity contribution >= 4 is 0 Å². The van der Waals surface area contributed by atoms with Gasteiger partial charge in [0, 0.05) is 17.8 Å². The van der Waals surface area contributed by atoms with Crippen LogP contribution in [-0.2, 0) is 19.3 Å². The first kappa shape index (κ1) is 32.6. The third kappa shape index (κ3) is 5.10. The Kier molecular flexibility index (Phi) is 7.91. The fraction of sp³-hybridized carbons (Fsp3) is 0.176. The van der Waals surface area contributed by atoms with Crippen molar-refractivity contribution in [2.45, 2.75) is 37.0 Å². The van der Waals surface area contributed by atoms with Crippen molar-refractivity contribution in [3.8, 4) is 50.6 Å². The molecule has 0 spiro atoms. The lowest BCUT2D eigenvalue weighted by molar-refractivity contribution is 0.414. The molecule has 264 valence electrons. The molecular weight excluding hydrogens is 661 g/mol. The molecule has 54 heavy (non-hydrogen) atoms. The minimum Gasteiger partial charge on any atom is -0.497 e. The van der Waals surface area contributed by atoms with E-state index in [0.29, 0.717) is 0 Å². The van der Waals surface area contributed by atoms with Gasteiger partial charge in [-0.25, -0.2) is 0 Å². The molecule has 3 aliphatic rings. The van der Waals surface area contributed by atoms with Gasteiger partial charge in [0.15, 0.2) is 0 Å². The van der Waals surface area contributed by atoms with Crippen molar-refractivity contribution in [2.24, 2.45) is 0 Å². The van der Waals surface area contributed by atoms with Gasteiger partial charge in [-0.1, -0.05) is 109 Å². The second-order valence-corrected chi connectivity index (χ2v) is 14.9. The van der Waals surface area contributed by atoms with E-state index in [1.807, 2.05) is 0 Å². The number of methoxy groups -OCH3 is 3. The number of benzene rings is 7. The Bertz CT molecular complexity index is 2220. The van der Waals surface area contributed by atoms with Gasteiger partial charge >= 0.3 is 0 Å². The van der Waals surface area contributed by atoms with Gasteiger partial charge in [-0.15, -0.1) is 0 Å². The number of rotatable bonds is 9. The fourth-order valence-corrected chi connectivity index (χ4v) is 9.91. The average Bonchev–Trinajstić information content (AvgIpc) is 3.84. The van der Waals surface area contributed by atoms with Crippen LogP contribution < -0.4 is 14.2 Å². The minimum absolute atomic E-state index is 0.210. The summed E-state index contributed by atoms with van der Waals surface area (Å²) in [5.74, 6) is 3.29. The summed E-state index contributed by atoms with van der Waals surface area (Å²) >= 11 is 0. The number of hydrogen-bond donors (Lipinski definition) is 0. The highest BCUT2D eigenvalue weighted by Crippen LogP contribution is 2.65. The van der Waals surface area contributed by atoms with Crippen molar-refractivity contribution in [2.75, 3.05) is 21.3 Å². The van der Waals surface area contributed by atoms with E-state index in [2.05, 4.69) is 146 Å². The summed E-state index contributed by atoms with van der Waals surface area (Å²) in [6.45, 7) is 0. The predicted molar refractivity (Wildman–Crippen MR) is 218 cm³/mol. The predicted octanol–water partition coefficient (Wildman–Crippen LogP) is 11.8. The second kappa shape index (κ2) is 13.1. The van der Waals surface area contributed by atoms with Crippen molar-refractivity contribution < 1.29 is 14.2 Å². The maximum Gasteiger partial charge on any atom is 0.118 e. The van der Waals surface area contributed by atoms with Gasteiger partial charge < -0.3 is 14.2 Å². The molecule has 3 nitrogen and oxygen atoms in total. The standard InChI is InChI=1S/C51H42O3/c1-52-34-22-16-31(17-23-34)28-43-37-10-4-7-13-40(37)46-49(43)47-41-14-8-5-11-38(41)44(29-32-18-24-35(53-2)25-19-32)51(47)48-42-15-9-6-12-39(42)45(50(46)48)30-33-20-26-36(54-3)27-21-33/h4-27,43-45H,28-30H2,1-3H3/t43-,44-,45-/m1/s1. The molecule has 3 aliphatic carbocycles. The fourth-order valence-electron chi connectivity index (χ4n) is 9.91. The summed E-state index contributed by atoms with van der Waals surface area (Å²) in [4.78, 5) is 0. The van der Waals surface area contributed by atoms with Crippen molar-refractivity contribution in [1.82, 2.24) is 0 Å². The molecule has 0 bridgehead atoms. The molecule has 0 amide bonds. The number of fused-ring (bicyclic) bond motifs is 12. The van der Waals surface area contributed by atoms with Gasteiger partial charge in [0.2, 0.25) is 0 Å². The van der Waals surface area contributed by atoms with Crippen LogP contribution in [-0.4, -0.2) is 21.3 Å². The summed E-state index contributed by atoms with van der Waals surface area (Å²) in [6, 6.07) is 53.8. The van der Waals surface area contributed by atoms with Crippen LogP contribution in [0.1, 0.15) is 67.8 Å². The highest BCUT2D eigenvalue weighted by atomic mass is 16.5. The summed E-state index contributed by atoms with van der Waals surface area (Å²) in [5.41, 5.74) is 21.2. The Labute approximate surface area is 317 Å². The smallest absolute Gasteiger partial charge is 0.118 e. The third-order valence-electron chi connectivity index (χ3n) is 12.3. The van der Waals surface area contributed by atoms with Gasteiger partial charge in [0.1, 0.15) is 17.2 Å². The monoisotopic (exact) mass is 702 g/mol. The largest absolute Gasteiger partial charge is 0.497 e. The third-order valence-corrected chi connectivity index (χ3v) is 12.3. The van der Waals surface area contributed by atoms with E-state index in [-0.39, 0.29) is 17.8 Å². The average molecular weight is 703 g/mol. The van der Waals surface area contributed by atoms with Crippen molar-refractivity contribution in [1.29, 1.82) is 0 Å². The maximum absolute atomic E-state index is 5.57. The van der Waals surface area contributed by atoms with Crippen LogP contribution in [0.15, 0.2) is 146 Å². The van der Waals surface area contributed by atoms with Crippen LogP contribution in [0, 0.1) is 0 Å². The molecule has 0 heterocycles. The first-order chi connectivity index (χ1) is 26.6. The Morgan fingerprint density at radius 1 is 0.333 bits per heavy atom. The molecule has 0 aliphatic heterocycles. The van der Waals surface area contributed by atoms with Crippen molar-refractivity contribution in [3.05, 3.63) is 196 Å². The van der Waals surface area contributed by atoms with Crippen LogP contribution in [0.5, 0.6) is 17.2 Å². The lowest BCUT2D eigenvalue weighted by Gasteiger charge is -2.25. The second-order valence-electron chi connectivity index (χ2n) is 14.9. The summed E-state index contributed by atoms with van der Waals surface area (Å²) in [7, 11) is 5.22. The molecule has 0 fully saturated rings. The first-order valence-electron chi connectivity index (χ1n) is 19.1. The van der Waals surface area contributed by atoms with E-state index in [1.165, 1.54) is 83.5 Å². The maximum atomic E-state index is 5.57. The summed E-state index contributed by atoms with van der Waals surface area (Å²) in [5, 5.41) is 0. The lowest BCUT2D eigenvalue weighted by Crippen LogP contribution is -2.09. The molecule has 0 saturated carbocycles. The Hall–Kier alpha value is -6.06. The van der Waals surface area contributed by atoms with Crippen LogP contribution in [0.4, 0.5) is 0 Å². The molecule has 7 aromatic rings. The Morgan fingerprint density at radius 2 is 0.593 bits per heavy atom. The van der Waals surface area contributed by atoms with E-state index < -0.39 is 0 Å². The van der Waals surface area contributed by atoms with Crippen LogP contribution in [0.3, 0.4) is 0 Å². The van der Waals surface area contributed by atoms with Gasteiger partial charge in [0.05, 0.1) is 21.3 Å². The molecule has 0 unspecified atom stereocenters. The highest BCUT2D eigenvalue weighted by Gasteiger charge is 2.46. The van der Waals surface area contributed by atoms with E-state index >= 15 is 0 Å². The normalized spacial score (nSPS) is 16.8. The van der Waals surface area contributed by atoms with Crippen LogP contribution in [0.2, 0.25) is 0 Å².